The van der Waals surface area contributed by atoms with Crippen molar-refractivity contribution in [2.24, 2.45) is 0 Å². The number of carbonyl (C=O) groups excluding carboxylic acids is 1. The van der Waals surface area contributed by atoms with Gasteiger partial charge in [0.25, 0.3) is 0 Å². The van der Waals surface area contributed by atoms with Gasteiger partial charge in [0.15, 0.2) is 11.6 Å². The van der Waals surface area contributed by atoms with Gasteiger partial charge in [0.05, 0.1) is 11.4 Å². The first-order valence-corrected chi connectivity index (χ1v) is 9.07. The minimum absolute atomic E-state index is 0.121. The van der Waals surface area contributed by atoms with Crippen LogP contribution in [0.2, 0.25) is 0 Å². The zero-order chi connectivity index (χ0) is 19.5. The first kappa shape index (κ1) is 19.8. The fraction of sp³-hybridized carbons (Fsp3) is 0.235. The Balaban J connectivity index is 2.07. The summed E-state index contributed by atoms with van der Waals surface area (Å²) >= 11 is 0. The second-order valence-corrected chi connectivity index (χ2v) is 7.92. The molecule has 2 N–H and O–H groups in total. The highest BCUT2D eigenvalue weighted by molar-refractivity contribution is 7.89. The summed E-state index contributed by atoms with van der Waals surface area (Å²) in [5.41, 5.74) is 1.14. The van der Waals surface area contributed by atoms with Gasteiger partial charge in [0.1, 0.15) is 0 Å². The number of nitrogens with one attached hydrogen (secondary N) is 2. The number of sulfonamides is 1. The third-order valence-corrected chi connectivity index (χ3v) is 5.56. The molecule has 140 valence electrons. The first-order valence-electron chi connectivity index (χ1n) is 7.63. The number of hydrogen-bond donors (Lipinski definition) is 2. The van der Waals surface area contributed by atoms with Gasteiger partial charge in [0, 0.05) is 31.5 Å². The maximum atomic E-state index is 13.1. The minimum Gasteiger partial charge on any atom is -0.376 e. The number of aryl methyl sites for hydroxylation is 1. The summed E-state index contributed by atoms with van der Waals surface area (Å²) in [5, 5.41) is 5.23. The van der Waals surface area contributed by atoms with Crippen molar-refractivity contribution in [1.82, 2.24) is 4.31 Å². The van der Waals surface area contributed by atoms with Crippen LogP contribution in [0.15, 0.2) is 41.3 Å². The van der Waals surface area contributed by atoms with Gasteiger partial charge in [-0.2, -0.15) is 0 Å². The Morgan fingerprint density at radius 2 is 1.69 bits per heavy atom. The molecule has 0 unspecified atom stereocenters. The van der Waals surface area contributed by atoms with Gasteiger partial charge in [-0.1, -0.05) is 6.07 Å². The zero-order valence-electron chi connectivity index (χ0n) is 14.5. The molecule has 6 nitrogen and oxygen atoms in total. The highest BCUT2D eigenvalue weighted by Gasteiger charge is 2.20. The molecular weight excluding hydrogens is 364 g/mol. The summed E-state index contributed by atoms with van der Waals surface area (Å²) in [6.07, 6.45) is 0. The van der Waals surface area contributed by atoms with Crippen molar-refractivity contribution in [3.05, 3.63) is 53.6 Å². The van der Waals surface area contributed by atoms with E-state index in [-0.39, 0.29) is 17.1 Å². The molecule has 0 radical (unpaired) electrons. The molecule has 2 rings (SSSR count). The van der Waals surface area contributed by atoms with Gasteiger partial charge >= 0.3 is 0 Å². The van der Waals surface area contributed by atoms with E-state index in [1.54, 1.807) is 19.1 Å². The van der Waals surface area contributed by atoms with Crippen LogP contribution in [-0.2, 0) is 14.8 Å². The van der Waals surface area contributed by atoms with Crippen LogP contribution < -0.4 is 10.6 Å². The van der Waals surface area contributed by atoms with Crippen molar-refractivity contribution < 1.29 is 22.0 Å². The standard InChI is InChI=1S/C17H19F2N3O3S/c1-11-4-5-12(9-16(11)26(24,25)22(2)3)20-10-17(23)21-13-6-7-14(18)15(19)8-13/h4-9,20H,10H2,1-3H3,(H,21,23). The van der Waals surface area contributed by atoms with Crippen LogP contribution in [0.5, 0.6) is 0 Å². The van der Waals surface area contributed by atoms with E-state index in [1.165, 1.54) is 26.2 Å². The highest BCUT2D eigenvalue weighted by atomic mass is 32.2. The van der Waals surface area contributed by atoms with Crippen LogP contribution in [-0.4, -0.2) is 39.3 Å². The zero-order valence-corrected chi connectivity index (χ0v) is 15.3. The molecule has 1 amide bonds. The van der Waals surface area contributed by atoms with Crippen LogP contribution in [0.3, 0.4) is 0 Å². The summed E-state index contributed by atoms with van der Waals surface area (Å²) < 4.78 is 51.7. The number of rotatable bonds is 6. The van der Waals surface area contributed by atoms with Gasteiger partial charge < -0.3 is 10.6 Å². The lowest BCUT2D eigenvalue weighted by molar-refractivity contribution is -0.114. The van der Waals surface area contributed by atoms with E-state index < -0.39 is 27.6 Å². The van der Waals surface area contributed by atoms with Crippen molar-refractivity contribution >= 4 is 27.3 Å². The van der Waals surface area contributed by atoms with Gasteiger partial charge in [0.2, 0.25) is 15.9 Å². The predicted molar refractivity (Wildman–Crippen MR) is 95.5 cm³/mol. The first-order chi connectivity index (χ1) is 12.1. The fourth-order valence-electron chi connectivity index (χ4n) is 2.15. The largest absolute Gasteiger partial charge is 0.376 e. The van der Waals surface area contributed by atoms with Crippen molar-refractivity contribution in [2.75, 3.05) is 31.3 Å². The predicted octanol–water partition coefficient (Wildman–Crippen LogP) is 2.57. The van der Waals surface area contributed by atoms with E-state index in [2.05, 4.69) is 10.6 Å². The normalized spacial score (nSPS) is 11.5. The van der Waals surface area contributed by atoms with E-state index in [4.69, 9.17) is 0 Å². The maximum Gasteiger partial charge on any atom is 0.243 e. The molecule has 0 aliphatic heterocycles. The molecule has 0 fully saturated rings. The topological polar surface area (TPSA) is 78.5 Å². The molecule has 0 atom stereocenters. The Morgan fingerprint density at radius 3 is 2.31 bits per heavy atom. The van der Waals surface area contributed by atoms with E-state index in [1.807, 2.05) is 0 Å². The lowest BCUT2D eigenvalue weighted by Crippen LogP contribution is -2.24. The molecular formula is C17H19F2N3O3S. The maximum absolute atomic E-state index is 13.1. The third-order valence-electron chi connectivity index (χ3n) is 3.60. The van der Waals surface area contributed by atoms with Gasteiger partial charge in [-0.3, -0.25) is 4.79 Å². The van der Waals surface area contributed by atoms with Crippen molar-refractivity contribution in [3.63, 3.8) is 0 Å². The molecule has 0 saturated heterocycles. The van der Waals surface area contributed by atoms with Crippen LogP contribution in [0, 0.1) is 18.6 Å². The molecule has 0 aliphatic rings. The minimum atomic E-state index is -3.61. The Labute approximate surface area is 150 Å². The fourth-order valence-corrected chi connectivity index (χ4v) is 3.29. The lowest BCUT2D eigenvalue weighted by Gasteiger charge is -2.15. The number of benzene rings is 2. The lowest BCUT2D eigenvalue weighted by atomic mass is 10.2. The molecule has 2 aromatic rings. The molecule has 0 aliphatic carbocycles. The highest BCUT2D eigenvalue weighted by Crippen LogP contribution is 2.22. The Bertz CT molecular complexity index is 931. The summed E-state index contributed by atoms with van der Waals surface area (Å²) in [7, 11) is -0.741. The summed E-state index contributed by atoms with van der Waals surface area (Å²) in [6, 6.07) is 7.75. The summed E-state index contributed by atoms with van der Waals surface area (Å²) in [6.45, 7) is 1.50. The molecule has 9 heteroatoms. The number of nitrogens with zero attached hydrogens (tertiary/aromatic N) is 1. The van der Waals surface area contributed by atoms with Crippen molar-refractivity contribution in [2.45, 2.75) is 11.8 Å². The molecule has 0 saturated carbocycles. The quantitative estimate of drug-likeness (QED) is 0.804. The molecule has 0 heterocycles. The molecule has 2 aromatic carbocycles. The number of hydrogen-bond acceptors (Lipinski definition) is 4. The van der Waals surface area contributed by atoms with E-state index in [0.717, 1.165) is 16.4 Å². The van der Waals surface area contributed by atoms with Crippen molar-refractivity contribution in [1.29, 1.82) is 0 Å². The van der Waals surface area contributed by atoms with Crippen LogP contribution in [0.4, 0.5) is 20.2 Å². The Morgan fingerprint density at radius 1 is 1.04 bits per heavy atom. The van der Waals surface area contributed by atoms with Crippen molar-refractivity contribution in [3.8, 4) is 0 Å². The monoisotopic (exact) mass is 383 g/mol. The average molecular weight is 383 g/mol. The number of carbonyl (C=O) groups is 1. The Kier molecular flexibility index (Phi) is 5.94. The summed E-state index contributed by atoms with van der Waals surface area (Å²) in [5.74, 6) is -2.56. The molecule has 0 bridgehead atoms. The van der Waals surface area contributed by atoms with Gasteiger partial charge in [-0.15, -0.1) is 0 Å². The molecule has 0 spiro atoms. The Hall–Kier alpha value is -2.52. The summed E-state index contributed by atoms with van der Waals surface area (Å²) in [4.78, 5) is 12.1. The number of anilines is 2. The smallest absolute Gasteiger partial charge is 0.243 e. The average Bonchev–Trinajstić information content (AvgIpc) is 2.57. The van der Waals surface area contributed by atoms with Crippen LogP contribution in [0.1, 0.15) is 5.56 Å². The third kappa shape index (κ3) is 4.55. The van der Waals surface area contributed by atoms with E-state index in [0.29, 0.717) is 11.3 Å². The molecule has 26 heavy (non-hydrogen) atoms. The van der Waals surface area contributed by atoms with Gasteiger partial charge in [-0.05, 0) is 36.8 Å². The number of amides is 1. The second-order valence-electron chi connectivity index (χ2n) is 5.80. The van der Waals surface area contributed by atoms with E-state index >= 15 is 0 Å². The van der Waals surface area contributed by atoms with Crippen LogP contribution in [0.25, 0.3) is 0 Å². The van der Waals surface area contributed by atoms with Gasteiger partial charge in [-0.25, -0.2) is 21.5 Å². The SMILES string of the molecule is Cc1ccc(NCC(=O)Nc2ccc(F)c(F)c2)cc1S(=O)(=O)N(C)C. The van der Waals surface area contributed by atoms with Crippen LogP contribution >= 0.6 is 0 Å². The molecule has 0 aromatic heterocycles. The van der Waals surface area contributed by atoms with E-state index in [9.17, 15) is 22.0 Å². The number of halogens is 2. The second kappa shape index (κ2) is 7.79.